The molecule has 0 radical (unpaired) electrons. The van der Waals surface area contributed by atoms with Gasteiger partial charge in [0.15, 0.2) is 0 Å². The maximum absolute atomic E-state index is 10.9. The third kappa shape index (κ3) is 2.54. The van der Waals surface area contributed by atoms with Crippen LogP contribution in [0.2, 0.25) is 0 Å². The van der Waals surface area contributed by atoms with Crippen molar-refractivity contribution in [1.29, 1.82) is 0 Å². The first-order valence-corrected chi connectivity index (χ1v) is 4.89. The number of hydrogen-bond donors (Lipinski definition) is 1. The minimum atomic E-state index is -0.266. The first kappa shape index (κ1) is 10.2. The summed E-state index contributed by atoms with van der Waals surface area (Å²) in [7, 11) is 1.37. The molecule has 1 rings (SSSR count). The molecule has 1 aromatic rings. The van der Waals surface area contributed by atoms with Gasteiger partial charge >= 0.3 is 5.97 Å². The van der Waals surface area contributed by atoms with Crippen LogP contribution in [0, 0.1) is 6.92 Å². The molecular weight excluding hydrogens is 186 g/mol. The summed E-state index contributed by atoms with van der Waals surface area (Å²) >= 11 is 1.64. The molecule has 0 saturated heterocycles. The lowest BCUT2D eigenvalue weighted by Gasteiger charge is -2.09. The van der Waals surface area contributed by atoms with Crippen LogP contribution in [0.5, 0.6) is 0 Å². The average molecular weight is 199 g/mol. The molecule has 0 aliphatic rings. The van der Waals surface area contributed by atoms with Crippen molar-refractivity contribution in [3.05, 3.63) is 21.9 Å². The molecule has 0 amide bonds. The van der Waals surface area contributed by atoms with Gasteiger partial charge in [-0.15, -0.1) is 11.3 Å². The summed E-state index contributed by atoms with van der Waals surface area (Å²) in [4.78, 5) is 12.1. The molecule has 3 nitrogen and oxygen atoms in total. The fourth-order valence-electron chi connectivity index (χ4n) is 1.15. The molecule has 1 atom stereocenters. The zero-order valence-electron chi connectivity index (χ0n) is 7.74. The minimum absolute atomic E-state index is 0.237. The van der Waals surface area contributed by atoms with Crippen LogP contribution in [-0.2, 0) is 9.53 Å². The van der Waals surface area contributed by atoms with Gasteiger partial charge in [0.05, 0.1) is 13.5 Å². The predicted octanol–water partition coefficient (Wildman–Crippen LogP) is 1.62. The Hall–Kier alpha value is -0.870. The van der Waals surface area contributed by atoms with Crippen molar-refractivity contribution < 1.29 is 9.53 Å². The van der Waals surface area contributed by atoms with Gasteiger partial charge in [0.2, 0.25) is 0 Å². The van der Waals surface area contributed by atoms with E-state index in [9.17, 15) is 4.79 Å². The number of nitrogens with two attached hydrogens (primary N) is 1. The number of methoxy groups -OCH3 is 1. The lowest BCUT2D eigenvalue weighted by molar-refractivity contribution is -0.141. The monoisotopic (exact) mass is 199 g/mol. The molecule has 2 N–H and O–H groups in total. The Balaban J connectivity index is 2.63. The molecular formula is C9H13NO2S. The molecule has 1 aromatic heterocycles. The molecule has 0 unspecified atom stereocenters. The Morgan fingerprint density at radius 1 is 1.77 bits per heavy atom. The van der Waals surface area contributed by atoms with Crippen LogP contribution < -0.4 is 5.73 Å². The third-order valence-electron chi connectivity index (χ3n) is 1.91. The highest BCUT2D eigenvalue weighted by Gasteiger charge is 2.14. The van der Waals surface area contributed by atoms with Crippen molar-refractivity contribution in [2.24, 2.45) is 5.73 Å². The number of ether oxygens (including phenoxy) is 1. The molecule has 4 heteroatoms. The van der Waals surface area contributed by atoms with Crippen molar-refractivity contribution in [3.63, 3.8) is 0 Å². The number of hydrogen-bond acceptors (Lipinski definition) is 4. The van der Waals surface area contributed by atoms with Crippen LogP contribution >= 0.6 is 11.3 Å². The number of thiophene rings is 1. The topological polar surface area (TPSA) is 52.3 Å². The lowest BCUT2D eigenvalue weighted by Crippen LogP contribution is -2.16. The Bertz CT molecular complexity index is 296. The van der Waals surface area contributed by atoms with Crippen molar-refractivity contribution >= 4 is 17.3 Å². The molecule has 0 saturated carbocycles. The van der Waals surface area contributed by atoms with Crippen LogP contribution in [0.4, 0.5) is 0 Å². The third-order valence-corrected chi connectivity index (χ3v) is 2.77. The van der Waals surface area contributed by atoms with Crippen molar-refractivity contribution in [2.45, 2.75) is 19.4 Å². The van der Waals surface area contributed by atoms with Crippen molar-refractivity contribution in [3.8, 4) is 0 Å². The summed E-state index contributed by atoms with van der Waals surface area (Å²) in [5, 5.41) is 1.97. The van der Waals surface area contributed by atoms with Crippen LogP contribution in [0.1, 0.15) is 22.9 Å². The number of rotatable bonds is 3. The number of esters is 1. The highest BCUT2D eigenvalue weighted by Crippen LogP contribution is 2.23. The Kier molecular flexibility index (Phi) is 3.45. The van der Waals surface area contributed by atoms with E-state index in [-0.39, 0.29) is 18.4 Å². The van der Waals surface area contributed by atoms with E-state index in [2.05, 4.69) is 4.74 Å². The van der Waals surface area contributed by atoms with Crippen molar-refractivity contribution in [2.75, 3.05) is 7.11 Å². The number of aryl methyl sites for hydroxylation is 1. The van der Waals surface area contributed by atoms with Gasteiger partial charge in [-0.25, -0.2) is 0 Å². The number of carbonyl (C=O) groups is 1. The van der Waals surface area contributed by atoms with E-state index in [1.807, 2.05) is 18.4 Å². The first-order valence-electron chi connectivity index (χ1n) is 4.01. The van der Waals surface area contributed by atoms with Gasteiger partial charge in [-0.05, 0) is 23.9 Å². The minimum Gasteiger partial charge on any atom is -0.469 e. The SMILES string of the molecule is COC(=O)C[C@H](N)c1ccsc1C. The summed E-state index contributed by atoms with van der Waals surface area (Å²) in [6.45, 7) is 2.00. The fraction of sp³-hybridized carbons (Fsp3) is 0.444. The van der Waals surface area contributed by atoms with Gasteiger partial charge in [-0.1, -0.05) is 0 Å². The summed E-state index contributed by atoms with van der Waals surface area (Å²) in [6.07, 6.45) is 0.244. The van der Waals surface area contributed by atoms with Crippen LogP contribution in [-0.4, -0.2) is 13.1 Å². The van der Waals surface area contributed by atoms with E-state index in [1.54, 1.807) is 11.3 Å². The summed E-state index contributed by atoms with van der Waals surface area (Å²) < 4.78 is 4.54. The second-order valence-corrected chi connectivity index (χ2v) is 3.94. The van der Waals surface area contributed by atoms with Crippen LogP contribution in [0.3, 0.4) is 0 Å². The molecule has 0 fully saturated rings. The van der Waals surface area contributed by atoms with E-state index < -0.39 is 0 Å². The van der Waals surface area contributed by atoms with Crippen LogP contribution in [0.15, 0.2) is 11.4 Å². The zero-order valence-corrected chi connectivity index (χ0v) is 8.56. The van der Waals surface area contributed by atoms with Gasteiger partial charge in [0, 0.05) is 10.9 Å². The standard InChI is InChI=1S/C9H13NO2S/c1-6-7(3-4-13-6)8(10)5-9(11)12-2/h3-4,8H,5,10H2,1-2H3/t8-/m0/s1. The normalized spacial score (nSPS) is 12.5. The summed E-state index contributed by atoms with van der Waals surface area (Å²) in [5.74, 6) is -0.266. The van der Waals surface area contributed by atoms with Gasteiger partial charge in [-0.3, -0.25) is 4.79 Å². The Labute approximate surface area is 81.5 Å². The quantitative estimate of drug-likeness (QED) is 0.752. The Morgan fingerprint density at radius 3 is 2.92 bits per heavy atom. The molecule has 0 bridgehead atoms. The van der Waals surface area contributed by atoms with E-state index in [0.717, 1.165) is 10.4 Å². The fourth-order valence-corrected chi connectivity index (χ4v) is 1.93. The number of carbonyl (C=O) groups excluding carboxylic acids is 1. The first-order chi connectivity index (χ1) is 6.15. The van der Waals surface area contributed by atoms with Crippen molar-refractivity contribution in [1.82, 2.24) is 0 Å². The predicted molar refractivity (Wildman–Crippen MR) is 52.6 cm³/mol. The summed E-state index contributed by atoms with van der Waals surface area (Å²) in [5.41, 5.74) is 6.86. The van der Waals surface area contributed by atoms with E-state index >= 15 is 0 Å². The molecule has 0 spiro atoms. The summed E-state index contributed by atoms with van der Waals surface area (Å²) in [6, 6.07) is 1.71. The van der Waals surface area contributed by atoms with Gasteiger partial charge in [-0.2, -0.15) is 0 Å². The second kappa shape index (κ2) is 4.39. The maximum Gasteiger partial charge on any atom is 0.307 e. The van der Waals surface area contributed by atoms with Gasteiger partial charge in [0.1, 0.15) is 0 Å². The molecule has 72 valence electrons. The van der Waals surface area contributed by atoms with Gasteiger partial charge in [0.25, 0.3) is 0 Å². The molecule has 1 heterocycles. The van der Waals surface area contributed by atoms with E-state index in [4.69, 9.17) is 5.73 Å². The van der Waals surface area contributed by atoms with Gasteiger partial charge < -0.3 is 10.5 Å². The maximum atomic E-state index is 10.9. The van der Waals surface area contributed by atoms with Crippen LogP contribution in [0.25, 0.3) is 0 Å². The molecule has 0 aliphatic carbocycles. The smallest absolute Gasteiger partial charge is 0.307 e. The molecule has 0 aromatic carbocycles. The largest absolute Gasteiger partial charge is 0.469 e. The Morgan fingerprint density at radius 2 is 2.46 bits per heavy atom. The highest BCUT2D eigenvalue weighted by molar-refractivity contribution is 7.10. The highest BCUT2D eigenvalue weighted by atomic mass is 32.1. The zero-order chi connectivity index (χ0) is 9.84. The van der Waals surface area contributed by atoms with E-state index in [0.29, 0.717) is 0 Å². The van der Waals surface area contributed by atoms with E-state index in [1.165, 1.54) is 7.11 Å². The molecule has 13 heavy (non-hydrogen) atoms. The molecule has 0 aliphatic heterocycles. The second-order valence-electron chi connectivity index (χ2n) is 2.82. The lowest BCUT2D eigenvalue weighted by atomic mass is 10.1. The average Bonchev–Trinajstić information content (AvgIpc) is 2.51.